The molecule has 2 atom stereocenters. The average Bonchev–Trinajstić information content (AvgIpc) is 2.58. The molecule has 2 rings (SSSR count). The van der Waals surface area contributed by atoms with Crippen LogP contribution >= 0.6 is 0 Å². The normalized spacial score (nSPS) is 31.1. The average molecular weight is 211 g/mol. The summed E-state index contributed by atoms with van der Waals surface area (Å²) in [6.45, 7) is 2.39. The number of nitrogens with one attached hydrogen (secondary N) is 1. The summed E-state index contributed by atoms with van der Waals surface area (Å²) in [4.78, 5) is 24.4. The summed E-state index contributed by atoms with van der Waals surface area (Å²) in [5.74, 6) is 0.0322. The summed E-state index contributed by atoms with van der Waals surface area (Å²) in [5, 5.41) is 2.88. The lowest BCUT2D eigenvalue weighted by atomic mass is 9.91. The van der Waals surface area contributed by atoms with Gasteiger partial charge in [-0.3, -0.25) is 14.5 Å². The lowest BCUT2D eigenvalue weighted by Crippen LogP contribution is -2.46. The number of hydrogen-bond acceptors (Lipinski definition) is 3. The molecule has 0 aromatic rings. The molecule has 2 fully saturated rings. The van der Waals surface area contributed by atoms with Crippen LogP contribution in [0.25, 0.3) is 0 Å². The Bertz CT molecular complexity index is 280. The lowest BCUT2D eigenvalue weighted by Gasteiger charge is -2.35. The van der Waals surface area contributed by atoms with E-state index in [1.165, 1.54) is 0 Å². The molecule has 2 amide bonds. The van der Waals surface area contributed by atoms with Gasteiger partial charge in [0.15, 0.2) is 0 Å². The predicted molar refractivity (Wildman–Crippen MR) is 54.9 cm³/mol. The summed E-state index contributed by atoms with van der Waals surface area (Å²) in [6, 6.07) is 0.283. The van der Waals surface area contributed by atoms with Crippen LogP contribution in [-0.4, -0.2) is 42.4 Å². The minimum absolute atomic E-state index is 0.131. The van der Waals surface area contributed by atoms with Crippen LogP contribution in [-0.2, 0) is 9.59 Å². The van der Waals surface area contributed by atoms with Crippen molar-refractivity contribution in [3.05, 3.63) is 0 Å². The van der Waals surface area contributed by atoms with Gasteiger partial charge in [-0.05, 0) is 19.4 Å². The number of primary amides is 1. The van der Waals surface area contributed by atoms with Crippen molar-refractivity contribution in [2.45, 2.75) is 25.3 Å². The first kappa shape index (κ1) is 10.4. The molecule has 5 nitrogen and oxygen atoms in total. The van der Waals surface area contributed by atoms with Crippen molar-refractivity contribution in [2.75, 3.05) is 19.6 Å². The molecule has 0 aliphatic carbocycles. The molecule has 0 bridgehead atoms. The second-order valence-corrected chi connectivity index (χ2v) is 4.31. The number of nitrogens with two attached hydrogens (primary N) is 1. The molecule has 2 aliphatic heterocycles. The van der Waals surface area contributed by atoms with Gasteiger partial charge in [0.25, 0.3) is 0 Å². The maximum absolute atomic E-state index is 11.5. The van der Waals surface area contributed by atoms with Gasteiger partial charge in [-0.25, -0.2) is 0 Å². The number of likely N-dealkylation sites (tertiary alicyclic amines) is 1. The highest BCUT2D eigenvalue weighted by molar-refractivity contribution is 5.82. The highest BCUT2D eigenvalue weighted by atomic mass is 16.2. The molecule has 5 heteroatoms. The van der Waals surface area contributed by atoms with Gasteiger partial charge in [0.2, 0.25) is 11.8 Å². The quantitative estimate of drug-likeness (QED) is 0.633. The van der Waals surface area contributed by atoms with Gasteiger partial charge in [0.05, 0.1) is 5.92 Å². The first-order valence-electron chi connectivity index (χ1n) is 5.48. The number of amides is 2. The third-order valence-corrected chi connectivity index (χ3v) is 3.36. The second-order valence-electron chi connectivity index (χ2n) is 4.31. The van der Waals surface area contributed by atoms with Crippen LogP contribution in [0, 0.1) is 5.92 Å². The van der Waals surface area contributed by atoms with Crippen molar-refractivity contribution in [2.24, 2.45) is 11.7 Å². The van der Waals surface area contributed by atoms with Crippen LogP contribution in [0.15, 0.2) is 0 Å². The summed E-state index contributed by atoms with van der Waals surface area (Å²) >= 11 is 0. The molecule has 2 unspecified atom stereocenters. The van der Waals surface area contributed by atoms with E-state index in [4.69, 9.17) is 5.73 Å². The van der Waals surface area contributed by atoms with Gasteiger partial charge in [-0.2, -0.15) is 0 Å². The topological polar surface area (TPSA) is 75.4 Å². The molecule has 84 valence electrons. The molecule has 0 aromatic heterocycles. The predicted octanol–water partition coefficient (Wildman–Crippen LogP) is -0.928. The van der Waals surface area contributed by atoms with E-state index in [0.29, 0.717) is 13.0 Å². The van der Waals surface area contributed by atoms with E-state index in [0.717, 1.165) is 25.9 Å². The van der Waals surface area contributed by atoms with Crippen molar-refractivity contribution >= 4 is 11.8 Å². The Morgan fingerprint density at radius 1 is 1.60 bits per heavy atom. The Kier molecular flexibility index (Phi) is 2.90. The largest absolute Gasteiger partial charge is 0.370 e. The Balaban J connectivity index is 1.94. The molecule has 0 radical (unpaired) electrons. The van der Waals surface area contributed by atoms with E-state index >= 15 is 0 Å². The molecule has 3 N–H and O–H groups in total. The number of hydrogen-bond donors (Lipinski definition) is 2. The van der Waals surface area contributed by atoms with E-state index in [1.54, 1.807) is 0 Å². The van der Waals surface area contributed by atoms with Crippen LogP contribution in [0.5, 0.6) is 0 Å². The van der Waals surface area contributed by atoms with E-state index in [2.05, 4.69) is 10.2 Å². The minimum Gasteiger partial charge on any atom is -0.370 e. The maximum Gasteiger partial charge on any atom is 0.224 e. The number of carbonyl (C=O) groups excluding carboxylic acids is 2. The SMILES string of the molecule is NC(=O)CCN1CCCC2C(=O)NCC21. The zero-order valence-corrected chi connectivity index (χ0v) is 8.74. The molecular formula is C10H17N3O2. The molecule has 0 spiro atoms. The fourth-order valence-corrected chi connectivity index (χ4v) is 2.57. The highest BCUT2D eigenvalue weighted by Gasteiger charge is 2.40. The summed E-state index contributed by atoms with van der Waals surface area (Å²) < 4.78 is 0. The van der Waals surface area contributed by atoms with Gasteiger partial charge in [0.1, 0.15) is 0 Å². The Hall–Kier alpha value is -1.10. The monoisotopic (exact) mass is 211 g/mol. The number of carbonyl (C=O) groups is 2. The highest BCUT2D eigenvalue weighted by Crippen LogP contribution is 2.27. The maximum atomic E-state index is 11.5. The van der Waals surface area contributed by atoms with Gasteiger partial charge in [-0.15, -0.1) is 0 Å². The zero-order chi connectivity index (χ0) is 10.8. The van der Waals surface area contributed by atoms with E-state index < -0.39 is 0 Å². The zero-order valence-electron chi connectivity index (χ0n) is 8.74. The Morgan fingerprint density at radius 2 is 2.40 bits per heavy atom. The fraction of sp³-hybridized carbons (Fsp3) is 0.800. The van der Waals surface area contributed by atoms with Crippen molar-refractivity contribution in [3.63, 3.8) is 0 Å². The van der Waals surface area contributed by atoms with Gasteiger partial charge in [-0.1, -0.05) is 0 Å². The van der Waals surface area contributed by atoms with Crippen molar-refractivity contribution in [1.29, 1.82) is 0 Å². The number of rotatable bonds is 3. The Labute approximate surface area is 89.0 Å². The summed E-state index contributed by atoms with van der Waals surface area (Å²) in [6.07, 6.45) is 2.40. The third kappa shape index (κ3) is 2.12. The van der Waals surface area contributed by atoms with Crippen LogP contribution < -0.4 is 11.1 Å². The van der Waals surface area contributed by atoms with Crippen LogP contribution in [0.3, 0.4) is 0 Å². The van der Waals surface area contributed by atoms with Crippen molar-refractivity contribution in [3.8, 4) is 0 Å². The van der Waals surface area contributed by atoms with E-state index in [-0.39, 0.29) is 23.8 Å². The minimum atomic E-state index is -0.269. The molecule has 2 aliphatic rings. The van der Waals surface area contributed by atoms with Crippen molar-refractivity contribution < 1.29 is 9.59 Å². The smallest absolute Gasteiger partial charge is 0.224 e. The lowest BCUT2D eigenvalue weighted by molar-refractivity contribution is -0.124. The number of nitrogens with zero attached hydrogens (tertiary/aromatic N) is 1. The summed E-state index contributed by atoms with van der Waals surface area (Å²) in [5.41, 5.74) is 5.13. The second kappa shape index (κ2) is 4.18. The first-order valence-corrected chi connectivity index (χ1v) is 5.48. The summed E-state index contributed by atoms with van der Waals surface area (Å²) in [7, 11) is 0. The third-order valence-electron chi connectivity index (χ3n) is 3.36. The molecule has 0 aromatic carbocycles. The van der Waals surface area contributed by atoms with Crippen LogP contribution in [0.1, 0.15) is 19.3 Å². The van der Waals surface area contributed by atoms with Gasteiger partial charge >= 0.3 is 0 Å². The molecule has 15 heavy (non-hydrogen) atoms. The first-order chi connectivity index (χ1) is 7.18. The van der Waals surface area contributed by atoms with Crippen LogP contribution in [0.2, 0.25) is 0 Å². The molecule has 2 saturated heterocycles. The Morgan fingerprint density at radius 3 is 3.13 bits per heavy atom. The van der Waals surface area contributed by atoms with Gasteiger partial charge in [0, 0.05) is 25.6 Å². The van der Waals surface area contributed by atoms with E-state index in [1.807, 2.05) is 0 Å². The fourth-order valence-electron chi connectivity index (χ4n) is 2.57. The van der Waals surface area contributed by atoms with Crippen molar-refractivity contribution in [1.82, 2.24) is 10.2 Å². The standard InChI is InChI=1S/C10H17N3O2/c11-9(14)3-5-13-4-1-2-7-8(13)6-12-10(7)15/h7-8H,1-6H2,(H2,11,14)(H,12,15). The molecule has 0 saturated carbocycles. The number of fused-ring (bicyclic) bond motifs is 1. The molecular weight excluding hydrogens is 194 g/mol. The van der Waals surface area contributed by atoms with Crippen LogP contribution in [0.4, 0.5) is 0 Å². The van der Waals surface area contributed by atoms with E-state index in [9.17, 15) is 9.59 Å². The number of piperidine rings is 1. The van der Waals surface area contributed by atoms with Gasteiger partial charge < -0.3 is 11.1 Å². The molecule has 2 heterocycles.